The van der Waals surface area contributed by atoms with E-state index in [4.69, 9.17) is 0 Å². The number of carbonyl (C=O) groups is 2. The van der Waals surface area contributed by atoms with Gasteiger partial charge >= 0.3 is 6.18 Å². The second-order valence-electron chi connectivity index (χ2n) is 6.64. The molecule has 152 valence electrons. The number of alkyl halides is 3. The van der Waals surface area contributed by atoms with Gasteiger partial charge in [0.2, 0.25) is 16.9 Å². The Kier molecular flexibility index (Phi) is 7.11. The molecule has 0 bridgehead atoms. The average Bonchev–Trinajstić information content (AvgIpc) is 3.06. The van der Waals surface area contributed by atoms with Crippen molar-refractivity contribution in [3.8, 4) is 10.6 Å². The zero-order chi connectivity index (χ0) is 20.9. The number of anilines is 1. The smallest absolute Gasteiger partial charge is 0.342 e. The van der Waals surface area contributed by atoms with Gasteiger partial charge in [-0.2, -0.15) is 13.2 Å². The molecule has 0 saturated carbocycles. The zero-order valence-corrected chi connectivity index (χ0v) is 16.5. The van der Waals surface area contributed by atoms with Gasteiger partial charge in [0, 0.05) is 32.0 Å². The molecule has 0 aliphatic rings. The Morgan fingerprint density at radius 1 is 1.18 bits per heavy atom. The first-order chi connectivity index (χ1) is 13.1. The molecule has 2 aromatic rings. The Bertz CT molecular complexity index is 819. The van der Waals surface area contributed by atoms with Crippen molar-refractivity contribution in [2.45, 2.75) is 33.4 Å². The minimum atomic E-state index is -4.40. The van der Waals surface area contributed by atoms with Crippen LogP contribution in [0.15, 0.2) is 24.3 Å². The standard InChI is InChI=1S/C18H21F3N4O2S/c1-11(2)10-25(12(3)26)9-8-15(27)22-17-24-23-16(28-17)13-4-6-14(7-5-13)18(19,20)21/h4-7,11H,8-10H2,1-3H3,(H,22,24,27). The molecule has 1 aromatic carbocycles. The summed E-state index contributed by atoms with van der Waals surface area (Å²) < 4.78 is 37.9. The highest BCUT2D eigenvalue weighted by atomic mass is 32.1. The molecule has 0 unspecified atom stereocenters. The van der Waals surface area contributed by atoms with Crippen molar-refractivity contribution >= 4 is 28.3 Å². The highest BCUT2D eigenvalue weighted by Crippen LogP contribution is 2.32. The van der Waals surface area contributed by atoms with E-state index in [-0.39, 0.29) is 23.4 Å². The molecule has 6 nitrogen and oxygen atoms in total. The molecule has 1 heterocycles. The minimum absolute atomic E-state index is 0.0954. The molecule has 0 fully saturated rings. The summed E-state index contributed by atoms with van der Waals surface area (Å²) in [5, 5.41) is 11.0. The van der Waals surface area contributed by atoms with Crippen LogP contribution < -0.4 is 5.32 Å². The van der Waals surface area contributed by atoms with Crippen LogP contribution in [0.5, 0.6) is 0 Å². The fraction of sp³-hybridized carbons (Fsp3) is 0.444. The number of hydrogen-bond donors (Lipinski definition) is 1. The Balaban J connectivity index is 1.95. The third kappa shape index (κ3) is 6.29. The van der Waals surface area contributed by atoms with Crippen molar-refractivity contribution in [1.82, 2.24) is 15.1 Å². The van der Waals surface area contributed by atoms with E-state index in [0.29, 0.717) is 29.6 Å². The van der Waals surface area contributed by atoms with Crippen LogP contribution >= 0.6 is 11.3 Å². The first kappa shape index (κ1) is 21.8. The Hall–Kier alpha value is -2.49. The number of nitrogens with one attached hydrogen (secondary N) is 1. The highest BCUT2D eigenvalue weighted by Gasteiger charge is 2.30. The molecular formula is C18H21F3N4O2S. The number of amides is 2. The van der Waals surface area contributed by atoms with E-state index < -0.39 is 11.7 Å². The number of halogens is 3. The van der Waals surface area contributed by atoms with Gasteiger partial charge in [0.05, 0.1) is 5.56 Å². The predicted molar refractivity (Wildman–Crippen MR) is 101 cm³/mol. The second-order valence-corrected chi connectivity index (χ2v) is 7.62. The summed E-state index contributed by atoms with van der Waals surface area (Å²) in [5.74, 6) is -0.117. The summed E-state index contributed by atoms with van der Waals surface area (Å²) in [6.07, 6.45) is -4.29. The average molecular weight is 414 g/mol. The lowest BCUT2D eigenvalue weighted by Crippen LogP contribution is -2.34. The van der Waals surface area contributed by atoms with Gasteiger partial charge in [0.1, 0.15) is 5.01 Å². The van der Waals surface area contributed by atoms with Gasteiger partial charge in [0.15, 0.2) is 0 Å². The lowest BCUT2D eigenvalue weighted by atomic mass is 10.1. The molecule has 10 heteroatoms. The molecule has 0 spiro atoms. The van der Waals surface area contributed by atoms with Crippen molar-refractivity contribution in [2.24, 2.45) is 5.92 Å². The van der Waals surface area contributed by atoms with Crippen molar-refractivity contribution in [3.63, 3.8) is 0 Å². The van der Waals surface area contributed by atoms with Gasteiger partial charge in [-0.1, -0.05) is 37.3 Å². The Labute approximate surface area is 164 Å². The maximum atomic E-state index is 12.6. The number of carbonyl (C=O) groups excluding carboxylic acids is 2. The van der Waals surface area contributed by atoms with Crippen LogP contribution in [0.1, 0.15) is 32.8 Å². The van der Waals surface area contributed by atoms with Crippen LogP contribution in [-0.4, -0.2) is 40.0 Å². The van der Waals surface area contributed by atoms with Gasteiger partial charge in [-0.25, -0.2) is 0 Å². The van der Waals surface area contributed by atoms with Crippen LogP contribution in [0.25, 0.3) is 10.6 Å². The zero-order valence-electron chi connectivity index (χ0n) is 15.7. The van der Waals surface area contributed by atoms with Gasteiger partial charge in [-0.15, -0.1) is 10.2 Å². The van der Waals surface area contributed by atoms with Gasteiger partial charge < -0.3 is 10.2 Å². The number of hydrogen-bond acceptors (Lipinski definition) is 5. The molecule has 0 aliphatic heterocycles. The number of aromatic nitrogens is 2. The molecule has 2 amide bonds. The monoisotopic (exact) mass is 414 g/mol. The molecule has 28 heavy (non-hydrogen) atoms. The highest BCUT2D eigenvalue weighted by molar-refractivity contribution is 7.18. The van der Waals surface area contributed by atoms with E-state index in [1.807, 2.05) is 13.8 Å². The predicted octanol–water partition coefficient (Wildman–Crippen LogP) is 4.06. The minimum Gasteiger partial charge on any atom is -0.342 e. The van der Waals surface area contributed by atoms with Crippen molar-refractivity contribution in [1.29, 1.82) is 0 Å². The van der Waals surface area contributed by atoms with Crippen LogP contribution in [-0.2, 0) is 15.8 Å². The second kappa shape index (κ2) is 9.13. The molecule has 0 radical (unpaired) electrons. The fourth-order valence-electron chi connectivity index (χ4n) is 2.43. The Morgan fingerprint density at radius 2 is 1.82 bits per heavy atom. The van der Waals surface area contributed by atoms with Crippen LogP contribution in [0, 0.1) is 5.92 Å². The van der Waals surface area contributed by atoms with Crippen LogP contribution in [0.4, 0.5) is 18.3 Å². The van der Waals surface area contributed by atoms with E-state index in [1.54, 1.807) is 4.90 Å². The van der Waals surface area contributed by atoms with E-state index >= 15 is 0 Å². The van der Waals surface area contributed by atoms with Gasteiger partial charge in [-0.3, -0.25) is 9.59 Å². The Morgan fingerprint density at radius 3 is 2.36 bits per heavy atom. The molecule has 1 aromatic heterocycles. The van der Waals surface area contributed by atoms with Gasteiger partial charge in [-0.05, 0) is 18.1 Å². The van der Waals surface area contributed by atoms with Crippen molar-refractivity contribution in [3.05, 3.63) is 29.8 Å². The van der Waals surface area contributed by atoms with Crippen molar-refractivity contribution < 1.29 is 22.8 Å². The summed E-state index contributed by atoms with van der Waals surface area (Å²) in [5.41, 5.74) is -0.267. The quantitative estimate of drug-likeness (QED) is 0.742. The maximum absolute atomic E-state index is 12.6. The van der Waals surface area contributed by atoms with Crippen LogP contribution in [0.2, 0.25) is 0 Å². The number of benzene rings is 1. The largest absolute Gasteiger partial charge is 0.416 e. The van der Waals surface area contributed by atoms with Gasteiger partial charge in [0.25, 0.3) is 0 Å². The summed E-state index contributed by atoms with van der Waals surface area (Å²) in [7, 11) is 0. The van der Waals surface area contributed by atoms with E-state index in [1.165, 1.54) is 19.1 Å². The van der Waals surface area contributed by atoms with E-state index in [0.717, 1.165) is 23.5 Å². The van der Waals surface area contributed by atoms with E-state index in [2.05, 4.69) is 15.5 Å². The number of nitrogens with zero attached hydrogens (tertiary/aromatic N) is 3. The summed E-state index contributed by atoms with van der Waals surface area (Å²) in [6.45, 7) is 6.30. The lowest BCUT2D eigenvalue weighted by Gasteiger charge is -2.22. The summed E-state index contributed by atoms with van der Waals surface area (Å²) in [6, 6.07) is 4.57. The topological polar surface area (TPSA) is 75.2 Å². The molecule has 0 saturated heterocycles. The van der Waals surface area contributed by atoms with E-state index in [9.17, 15) is 22.8 Å². The SMILES string of the molecule is CC(=O)N(CCC(=O)Nc1nnc(-c2ccc(C(F)(F)F)cc2)s1)CC(C)C. The third-order valence-corrected chi connectivity index (χ3v) is 4.66. The number of rotatable bonds is 7. The summed E-state index contributed by atoms with van der Waals surface area (Å²) in [4.78, 5) is 25.3. The lowest BCUT2D eigenvalue weighted by molar-refractivity contribution is -0.137. The maximum Gasteiger partial charge on any atom is 0.416 e. The first-order valence-electron chi connectivity index (χ1n) is 8.62. The first-order valence-corrected chi connectivity index (χ1v) is 9.44. The van der Waals surface area contributed by atoms with Crippen LogP contribution in [0.3, 0.4) is 0 Å². The molecular weight excluding hydrogens is 393 g/mol. The summed E-state index contributed by atoms with van der Waals surface area (Å²) >= 11 is 1.06. The molecule has 0 atom stereocenters. The van der Waals surface area contributed by atoms with Crippen molar-refractivity contribution in [2.75, 3.05) is 18.4 Å². The molecule has 2 rings (SSSR count). The normalized spacial score (nSPS) is 11.5. The molecule has 1 N–H and O–H groups in total. The molecule has 0 aliphatic carbocycles. The fourth-order valence-corrected chi connectivity index (χ4v) is 3.19. The third-order valence-electron chi connectivity index (χ3n) is 3.77.